The Morgan fingerprint density at radius 3 is 1.86 bits per heavy atom. The topological polar surface area (TPSA) is 39.7 Å². The summed E-state index contributed by atoms with van der Waals surface area (Å²) in [4.78, 5) is 0. The summed E-state index contributed by atoms with van der Waals surface area (Å²) in [5.41, 5.74) is 1.92. The molecule has 0 atom stereocenters. The Kier molecular flexibility index (Phi) is 5.61. The van der Waals surface area contributed by atoms with Crippen molar-refractivity contribution in [3.8, 4) is 17.2 Å². The van der Waals surface area contributed by atoms with E-state index < -0.39 is 0 Å². The molecule has 0 unspecified atom stereocenters. The molecule has 0 heterocycles. The van der Waals surface area contributed by atoms with Crippen molar-refractivity contribution in [2.24, 2.45) is 0 Å². The summed E-state index contributed by atoms with van der Waals surface area (Å²) in [6.45, 7) is 1.21. The minimum Gasteiger partial charge on any atom is -0.494 e. The van der Waals surface area contributed by atoms with Crippen LogP contribution >= 0.6 is 0 Å². The zero-order valence-electron chi connectivity index (χ0n) is 13.0. The number of hydrogen-bond donors (Lipinski definition) is 1. The summed E-state index contributed by atoms with van der Waals surface area (Å²) in [6.07, 6.45) is 0. The lowest BCUT2D eigenvalue weighted by Gasteiger charge is -2.11. The number of methoxy groups -OCH3 is 3. The number of rotatable bonds is 7. The van der Waals surface area contributed by atoms with Crippen LogP contribution in [0.1, 0.15) is 11.1 Å². The van der Waals surface area contributed by atoms with Crippen LogP contribution in [-0.2, 0) is 13.1 Å². The molecule has 2 aromatic rings. The van der Waals surface area contributed by atoms with Crippen molar-refractivity contribution in [1.29, 1.82) is 0 Å². The van der Waals surface area contributed by atoms with Gasteiger partial charge in [0.25, 0.3) is 0 Å². The molecule has 1 N–H and O–H groups in total. The van der Waals surface area contributed by atoms with Crippen molar-refractivity contribution in [3.05, 3.63) is 53.3 Å². The summed E-state index contributed by atoms with van der Waals surface area (Å²) >= 11 is 0. The SMILES string of the molecule is COc1ccc(CNCc2ccc(OC)c(OC)c2)cc1F. The zero-order chi connectivity index (χ0) is 15.9. The molecule has 0 saturated carbocycles. The maximum Gasteiger partial charge on any atom is 0.165 e. The monoisotopic (exact) mass is 305 g/mol. The second-order valence-corrected chi connectivity index (χ2v) is 4.76. The smallest absolute Gasteiger partial charge is 0.165 e. The lowest BCUT2D eigenvalue weighted by molar-refractivity contribution is 0.354. The van der Waals surface area contributed by atoms with Gasteiger partial charge in [-0.15, -0.1) is 0 Å². The average Bonchev–Trinajstić information content (AvgIpc) is 2.55. The lowest BCUT2D eigenvalue weighted by atomic mass is 10.1. The van der Waals surface area contributed by atoms with Gasteiger partial charge in [-0.2, -0.15) is 0 Å². The van der Waals surface area contributed by atoms with Gasteiger partial charge in [-0.1, -0.05) is 12.1 Å². The molecule has 0 amide bonds. The standard InChI is InChI=1S/C17H20FNO3/c1-20-15-6-4-12(8-14(15)18)10-19-11-13-5-7-16(21-2)17(9-13)22-3/h4-9,19H,10-11H2,1-3H3. The fourth-order valence-corrected chi connectivity index (χ4v) is 2.16. The van der Waals surface area contributed by atoms with Crippen molar-refractivity contribution in [1.82, 2.24) is 5.32 Å². The van der Waals surface area contributed by atoms with E-state index in [0.717, 1.165) is 11.1 Å². The summed E-state index contributed by atoms with van der Waals surface area (Å²) in [6, 6.07) is 10.7. The third kappa shape index (κ3) is 3.89. The molecule has 0 aliphatic rings. The predicted molar refractivity (Wildman–Crippen MR) is 83.0 cm³/mol. The van der Waals surface area contributed by atoms with Crippen LogP contribution in [0.2, 0.25) is 0 Å². The zero-order valence-corrected chi connectivity index (χ0v) is 13.0. The molecule has 2 aromatic carbocycles. The van der Waals surface area contributed by atoms with Crippen molar-refractivity contribution in [2.45, 2.75) is 13.1 Å². The van der Waals surface area contributed by atoms with Gasteiger partial charge in [0.15, 0.2) is 23.1 Å². The van der Waals surface area contributed by atoms with Crippen LogP contribution in [0.25, 0.3) is 0 Å². The highest BCUT2D eigenvalue weighted by Crippen LogP contribution is 2.27. The molecule has 5 heteroatoms. The van der Waals surface area contributed by atoms with Crippen LogP contribution in [-0.4, -0.2) is 21.3 Å². The molecule has 0 bridgehead atoms. The van der Waals surface area contributed by atoms with Crippen molar-refractivity contribution < 1.29 is 18.6 Å². The summed E-state index contributed by atoms with van der Waals surface area (Å²) in [7, 11) is 4.66. The third-order valence-corrected chi connectivity index (χ3v) is 3.32. The first kappa shape index (κ1) is 16.1. The quantitative estimate of drug-likeness (QED) is 0.853. The Balaban J connectivity index is 1.95. The largest absolute Gasteiger partial charge is 0.494 e. The molecule has 0 radical (unpaired) electrons. The van der Waals surface area contributed by atoms with E-state index in [0.29, 0.717) is 24.6 Å². The van der Waals surface area contributed by atoms with Crippen LogP contribution in [0.4, 0.5) is 4.39 Å². The van der Waals surface area contributed by atoms with Crippen molar-refractivity contribution in [3.63, 3.8) is 0 Å². The highest BCUT2D eigenvalue weighted by molar-refractivity contribution is 5.42. The van der Waals surface area contributed by atoms with Gasteiger partial charge in [0.05, 0.1) is 21.3 Å². The molecular formula is C17H20FNO3. The maximum absolute atomic E-state index is 13.6. The molecule has 0 saturated heterocycles. The Hall–Kier alpha value is -2.27. The van der Waals surface area contributed by atoms with E-state index >= 15 is 0 Å². The van der Waals surface area contributed by atoms with E-state index in [9.17, 15) is 4.39 Å². The summed E-state index contributed by atoms with van der Waals surface area (Å²) in [5, 5.41) is 3.27. The molecule has 0 aliphatic heterocycles. The van der Waals surface area contributed by atoms with Gasteiger partial charge in [0.1, 0.15) is 0 Å². The molecule has 22 heavy (non-hydrogen) atoms. The van der Waals surface area contributed by atoms with Crippen molar-refractivity contribution in [2.75, 3.05) is 21.3 Å². The normalized spacial score (nSPS) is 10.4. The lowest BCUT2D eigenvalue weighted by Crippen LogP contribution is -2.13. The second kappa shape index (κ2) is 7.66. The summed E-state index contributed by atoms with van der Waals surface area (Å²) < 4.78 is 29.0. The second-order valence-electron chi connectivity index (χ2n) is 4.76. The van der Waals surface area contributed by atoms with Crippen LogP contribution in [0, 0.1) is 5.82 Å². The van der Waals surface area contributed by atoms with Gasteiger partial charge >= 0.3 is 0 Å². The number of ether oxygens (including phenoxy) is 3. The number of benzene rings is 2. The Morgan fingerprint density at radius 1 is 0.773 bits per heavy atom. The first-order chi connectivity index (χ1) is 10.7. The van der Waals surface area contributed by atoms with E-state index in [-0.39, 0.29) is 11.6 Å². The molecule has 4 nitrogen and oxygen atoms in total. The molecule has 0 fully saturated rings. The molecule has 118 valence electrons. The van der Waals surface area contributed by atoms with E-state index in [4.69, 9.17) is 14.2 Å². The van der Waals surface area contributed by atoms with E-state index in [1.165, 1.54) is 13.2 Å². The van der Waals surface area contributed by atoms with Crippen LogP contribution < -0.4 is 19.5 Å². The first-order valence-electron chi connectivity index (χ1n) is 6.92. The van der Waals surface area contributed by atoms with Gasteiger partial charge in [0, 0.05) is 13.1 Å². The average molecular weight is 305 g/mol. The summed E-state index contributed by atoms with van der Waals surface area (Å²) in [5.74, 6) is 1.29. The molecule has 0 aliphatic carbocycles. The number of halogens is 1. The maximum atomic E-state index is 13.6. The van der Waals surface area contributed by atoms with Gasteiger partial charge < -0.3 is 19.5 Å². The molecular weight excluding hydrogens is 285 g/mol. The van der Waals surface area contributed by atoms with Crippen molar-refractivity contribution >= 4 is 0 Å². The Labute approximate surface area is 129 Å². The van der Waals surface area contributed by atoms with Gasteiger partial charge in [-0.25, -0.2) is 4.39 Å². The van der Waals surface area contributed by atoms with Gasteiger partial charge in [-0.05, 0) is 35.4 Å². The highest BCUT2D eigenvalue weighted by atomic mass is 19.1. The Morgan fingerprint density at radius 2 is 1.32 bits per heavy atom. The Bertz CT molecular complexity index is 631. The van der Waals surface area contributed by atoms with E-state index in [2.05, 4.69) is 5.32 Å². The molecule has 2 rings (SSSR count). The van der Waals surface area contributed by atoms with E-state index in [1.807, 2.05) is 24.3 Å². The fraction of sp³-hybridized carbons (Fsp3) is 0.294. The first-order valence-corrected chi connectivity index (χ1v) is 6.92. The molecule has 0 aromatic heterocycles. The fourth-order valence-electron chi connectivity index (χ4n) is 2.16. The van der Waals surface area contributed by atoms with Crippen LogP contribution in [0.5, 0.6) is 17.2 Å². The van der Waals surface area contributed by atoms with Gasteiger partial charge in [0.2, 0.25) is 0 Å². The van der Waals surface area contributed by atoms with Crippen LogP contribution in [0.3, 0.4) is 0 Å². The predicted octanol–water partition coefficient (Wildman–Crippen LogP) is 3.14. The van der Waals surface area contributed by atoms with E-state index in [1.54, 1.807) is 20.3 Å². The number of hydrogen-bond acceptors (Lipinski definition) is 4. The highest BCUT2D eigenvalue weighted by Gasteiger charge is 2.05. The van der Waals surface area contributed by atoms with Crippen LogP contribution in [0.15, 0.2) is 36.4 Å². The minimum absolute atomic E-state index is 0.253. The molecule has 0 spiro atoms. The number of nitrogens with one attached hydrogen (secondary N) is 1. The minimum atomic E-state index is -0.354. The van der Waals surface area contributed by atoms with Gasteiger partial charge in [-0.3, -0.25) is 0 Å². The third-order valence-electron chi connectivity index (χ3n) is 3.32.